The van der Waals surface area contributed by atoms with E-state index in [0.717, 1.165) is 51.4 Å². The SMILES string of the molecule is C[C@@H]1OC(O[C@H]2[C@H](O[C@H]3CC[C@@]4(C)[C@@H](CC[C@]5(C)[C@@H]4CC=C4[C@@H]6CC(C)(C)CC[C@]6(C(=O)O)CC[C@]45C)[C@@]3(C)CO)OC[C@H](O)[C@@H]2O)[C@H](O)[C@@H](O)[C@H]1O. The normalized spacial score (nSPS) is 55.1. The van der Waals surface area contributed by atoms with Gasteiger partial charge in [0.2, 0.25) is 0 Å². The van der Waals surface area contributed by atoms with Crippen LogP contribution < -0.4 is 0 Å². The zero-order valence-electron chi connectivity index (χ0n) is 32.7. The summed E-state index contributed by atoms with van der Waals surface area (Å²) in [5, 5.41) is 74.9. The van der Waals surface area contributed by atoms with E-state index in [-0.39, 0.29) is 46.7 Å². The third-order valence-corrected chi connectivity index (χ3v) is 17.0. The van der Waals surface area contributed by atoms with Crippen molar-refractivity contribution in [3.63, 3.8) is 0 Å². The minimum Gasteiger partial charge on any atom is -0.481 e. The fourth-order valence-corrected chi connectivity index (χ4v) is 13.3. The highest BCUT2D eigenvalue weighted by molar-refractivity contribution is 5.76. The number of ether oxygens (including phenoxy) is 4. The standard InChI is InChI=1S/C41H66O12/c1-21-28(44)30(46)31(47)33(51-21)53-32-29(45)24(43)19-50-34(32)52-27-11-12-37(4)25(38(27,5)20-42)10-13-40(7)26(37)9-8-22-23-18-36(2,3)14-16-41(23,35(48)49)17-15-39(22,40)6/h8,21,23-34,42-47H,9-20H2,1-7H3,(H,48,49)/t21-,23-,24-,25+,26+,27-,28-,29-,30-,31+,32+,33?,34-,37-,38+,39+,40+,41-/m0/s1. The molecule has 7 rings (SSSR count). The van der Waals surface area contributed by atoms with Crippen LogP contribution in [0, 0.1) is 50.2 Å². The lowest BCUT2D eigenvalue weighted by Gasteiger charge is -2.71. The molecule has 12 nitrogen and oxygen atoms in total. The van der Waals surface area contributed by atoms with E-state index in [1.165, 1.54) is 12.5 Å². The smallest absolute Gasteiger partial charge is 0.310 e. The first kappa shape index (κ1) is 40.0. The van der Waals surface area contributed by atoms with Gasteiger partial charge in [0.1, 0.15) is 36.6 Å². The van der Waals surface area contributed by atoms with Gasteiger partial charge in [-0.3, -0.25) is 4.79 Å². The minimum absolute atomic E-state index is 0.0360. The summed E-state index contributed by atoms with van der Waals surface area (Å²) in [4.78, 5) is 13.0. The third-order valence-electron chi connectivity index (χ3n) is 17.0. The van der Waals surface area contributed by atoms with Crippen molar-refractivity contribution in [1.29, 1.82) is 0 Å². The van der Waals surface area contributed by atoms with Crippen LogP contribution in [0.3, 0.4) is 0 Å². The van der Waals surface area contributed by atoms with Gasteiger partial charge in [-0.1, -0.05) is 53.2 Å². The summed E-state index contributed by atoms with van der Waals surface area (Å²) in [7, 11) is 0. The quantitative estimate of drug-likeness (QED) is 0.155. The van der Waals surface area contributed by atoms with Crippen LogP contribution in [0.5, 0.6) is 0 Å². The van der Waals surface area contributed by atoms with E-state index in [9.17, 15) is 40.5 Å². The molecule has 0 amide bonds. The fraction of sp³-hybridized carbons (Fsp3) is 0.927. The van der Waals surface area contributed by atoms with Crippen LogP contribution in [-0.4, -0.2) is 116 Å². The number of aliphatic hydroxyl groups excluding tert-OH is 6. The Bertz CT molecular complexity index is 1440. The average molecular weight is 751 g/mol. The number of allylic oxidation sites excluding steroid dienone is 2. The Morgan fingerprint density at radius 3 is 2.21 bits per heavy atom. The molecular weight excluding hydrogens is 684 g/mol. The number of carboxylic acids is 1. The first-order valence-corrected chi connectivity index (χ1v) is 20.2. The van der Waals surface area contributed by atoms with Gasteiger partial charge in [0.25, 0.3) is 0 Å². The molecule has 7 aliphatic rings. The molecular formula is C41H66O12. The monoisotopic (exact) mass is 750 g/mol. The Labute approximate surface area is 314 Å². The summed E-state index contributed by atoms with van der Waals surface area (Å²) >= 11 is 0. The van der Waals surface area contributed by atoms with Crippen molar-refractivity contribution in [3.8, 4) is 0 Å². The van der Waals surface area contributed by atoms with Crippen LogP contribution in [0.2, 0.25) is 0 Å². The number of fused-ring (bicyclic) bond motifs is 7. The first-order valence-electron chi connectivity index (χ1n) is 20.2. The molecule has 4 saturated carbocycles. The summed E-state index contributed by atoms with van der Waals surface area (Å²) < 4.78 is 24.3. The molecule has 6 fully saturated rings. The molecule has 0 aromatic rings. The van der Waals surface area contributed by atoms with Crippen molar-refractivity contribution >= 4 is 5.97 Å². The maximum atomic E-state index is 13.0. The molecule has 302 valence electrons. The molecule has 2 saturated heterocycles. The van der Waals surface area contributed by atoms with Gasteiger partial charge in [0, 0.05) is 5.41 Å². The van der Waals surface area contributed by atoms with E-state index in [1.807, 2.05) is 0 Å². The number of carboxylic acid groups (broad SMARTS) is 1. The van der Waals surface area contributed by atoms with E-state index < -0.39 is 78.2 Å². The lowest BCUT2D eigenvalue weighted by atomic mass is 9.33. The van der Waals surface area contributed by atoms with E-state index in [1.54, 1.807) is 0 Å². The molecule has 1 unspecified atom stereocenters. The largest absolute Gasteiger partial charge is 0.481 e. The van der Waals surface area contributed by atoms with E-state index in [4.69, 9.17) is 18.9 Å². The molecule has 7 N–H and O–H groups in total. The first-order chi connectivity index (χ1) is 24.7. The Morgan fingerprint density at radius 2 is 1.53 bits per heavy atom. The van der Waals surface area contributed by atoms with Crippen molar-refractivity contribution in [1.82, 2.24) is 0 Å². The van der Waals surface area contributed by atoms with Crippen molar-refractivity contribution in [2.24, 2.45) is 50.2 Å². The topological polar surface area (TPSA) is 196 Å². The summed E-state index contributed by atoms with van der Waals surface area (Å²) in [6, 6.07) is 0. The number of carbonyl (C=O) groups is 1. The number of aliphatic hydroxyl groups is 6. The minimum atomic E-state index is -1.62. The Morgan fingerprint density at radius 1 is 0.830 bits per heavy atom. The summed E-state index contributed by atoms with van der Waals surface area (Å²) in [5.41, 5.74) is -0.239. The van der Waals surface area contributed by atoms with Crippen LogP contribution in [-0.2, 0) is 23.7 Å². The second kappa shape index (κ2) is 13.5. The number of hydrogen-bond donors (Lipinski definition) is 7. The van der Waals surface area contributed by atoms with Crippen LogP contribution in [0.4, 0.5) is 0 Å². The second-order valence-electron chi connectivity index (χ2n) is 20.0. The highest BCUT2D eigenvalue weighted by atomic mass is 16.8. The molecule has 0 bridgehead atoms. The number of aliphatic carboxylic acids is 1. The number of hydrogen-bond acceptors (Lipinski definition) is 11. The molecule has 53 heavy (non-hydrogen) atoms. The van der Waals surface area contributed by atoms with Crippen molar-refractivity contribution in [2.75, 3.05) is 13.2 Å². The Hall–Kier alpha value is -1.19. The van der Waals surface area contributed by atoms with Crippen molar-refractivity contribution < 1.29 is 59.5 Å². The molecule has 5 aliphatic carbocycles. The van der Waals surface area contributed by atoms with Gasteiger partial charge in [-0.25, -0.2) is 0 Å². The van der Waals surface area contributed by atoms with Gasteiger partial charge in [-0.15, -0.1) is 0 Å². The maximum absolute atomic E-state index is 13.0. The Kier molecular flexibility index (Phi) is 10.2. The van der Waals surface area contributed by atoms with Crippen LogP contribution in [0.25, 0.3) is 0 Å². The van der Waals surface area contributed by atoms with Gasteiger partial charge in [0.15, 0.2) is 12.6 Å². The predicted octanol–water partition coefficient (Wildman–Crippen LogP) is 3.52. The van der Waals surface area contributed by atoms with Gasteiger partial charge < -0.3 is 54.7 Å². The molecule has 12 heteroatoms. The van der Waals surface area contributed by atoms with Crippen LogP contribution in [0.1, 0.15) is 113 Å². The highest BCUT2D eigenvalue weighted by Crippen LogP contribution is 2.76. The number of rotatable bonds is 6. The van der Waals surface area contributed by atoms with E-state index in [2.05, 4.69) is 47.6 Å². The molecule has 0 spiro atoms. The second-order valence-corrected chi connectivity index (χ2v) is 20.0. The molecule has 2 heterocycles. The average Bonchev–Trinajstić information content (AvgIpc) is 3.10. The van der Waals surface area contributed by atoms with E-state index in [0.29, 0.717) is 18.8 Å². The molecule has 0 aromatic carbocycles. The molecule has 2 aliphatic heterocycles. The summed E-state index contributed by atoms with van der Waals surface area (Å²) in [6.07, 6.45) is -1.79. The van der Waals surface area contributed by atoms with Gasteiger partial charge in [-0.2, -0.15) is 0 Å². The molecule has 0 aromatic heterocycles. The lowest BCUT2D eigenvalue weighted by Crippen LogP contribution is -2.67. The zero-order chi connectivity index (χ0) is 38.7. The summed E-state index contributed by atoms with van der Waals surface area (Å²) in [6.45, 7) is 15.1. The van der Waals surface area contributed by atoms with Crippen molar-refractivity contribution in [3.05, 3.63) is 11.6 Å². The molecule has 0 radical (unpaired) electrons. The predicted molar refractivity (Wildman–Crippen MR) is 192 cm³/mol. The van der Waals surface area contributed by atoms with Crippen LogP contribution >= 0.6 is 0 Å². The fourth-order valence-electron chi connectivity index (χ4n) is 13.3. The van der Waals surface area contributed by atoms with E-state index >= 15 is 0 Å². The zero-order valence-corrected chi connectivity index (χ0v) is 32.7. The van der Waals surface area contributed by atoms with Crippen molar-refractivity contribution in [2.45, 2.75) is 174 Å². The van der Waals surface area contributed by atoms with Gasteiger partial charge in [0.05, 0.1) is 30.8 Å². The van der Waals surface area contributed by atoms with Gasteiger partial charge in [-0.05, 0) is 111 Å². The Balaban J connectivity index is 1.15. The van der Waals surface area contributed by atoms with Crippen LogP contribution in [0.15, 0.2) is 11.6 Å². The third kappa shape index (κ3) is 5.85. The lowest BCUT2D eigenvalue weighted by molar-refractivity contribution is -0.365. The molecule has 18 atom stereocenters. The summed E-state index contributed by atoms with van der Waals surface area (Å²) in [5.74, 6) is -0.194. The highest BCUT2D eigenvalue weighted by Gasteiger charge is 2.70. The maximum Gasteiger partial charge on any atom is 0.310 e. The van der Waals surface area contributed by atoms with Gasteiger partial charge >= 0.3 is 5.97 Å².